The topological polar surface area (TPSA) is 58.6 Å². The van der Waals surface area contributed by atoms with Gasteiger partial charge in [-0.2, -0.15) is 0 Å². The van der Waals surface area contributed by atoms with Crippen LogP contribution in [0.5, 0.6) is 5.75 Å². The van der Waals surface area contributed by atoms with E-state index in [9.17, 15) is 8.42 Å². The summed E-state index contributed by atoms with van der Waals surface area (Å²) >= 11 is 0. The predicted octanol–water partition coefficient (Wildman–Crippen LogP) is 3.51. The van der Waals surface area contributed by atoms with Crippen molar-refractivity contribution in [1.29, 1.82) is 0 Å². The summed E-state index contributed by atoms with van der Waals surface area (Å²) in [4.78, 5) is 2.81. The fourth-order valence-electron chi connectivity index (χ4n) is 4.49. The van der Waals surface area contributed by atoms with Gasteiger partial charge in [-0.15, -0.1) is 0 Å². The van der Waals surface area contributed by atoms with Crippen LogP contribution in [0.25, 0.3) is 0 Å². The molecule has 1 heterocycles. The second kappa shape index (κ2) is 9.39. The lowest BCUT2D eigenvalue weighted by Crippen LogP contribution is -2.40. The van der Waals surface area contributed by atoms with Crippen LogP contribution >= 0.6 is 0 Å². The molecule has 0 bridgehead atoms. The number of methoxy groups -OCH3 is 1. The van der Waals surface area contributed by atoms with Gasteiger partial charge in [-0.25, -0.2) is 13.1 Å². The molecule has 1 aliphatic carbocycles. The molecule has 27 heavy (non-hydrogen) atoms. The van der Waals surface area contributed by atoms with Crippen LogP contribution in [-0.4, -0.2) is 46.1 Å². The van der Waals surface area contributed by atoms with Crippen LogP contribution < -0.4 is 9.46 Å². The van der Waals surface area contributed by atoms with Gasteiger partial charge in [-0.3, -0.25) is 0 Å². The maximum absolute atomic E-state index is 12.9. The van der Waals surface area contributed by atoms with Crippen molar-refractivity contribution in [2.75, 3.05) is 26.7 Å². The highest BCUT2D eigenvalue weighted by atomic mass is 32.2. The van der Waals surface area contributed by atoms with Crippen LogP contribution in [0, 0.1) is 0 Å². The monoisotopic (exact) mass is 394 g/mol. The predicted molar refractivity (Wildman–Crippen MR) is 109 cm³/mol. The average molecular weight is 395 g/mol. The molecule has 0 amide bonds. The van der Waals surface area contributed by atoms with Crippen molar-refractivity contribution in [2.45, 2.75) is 75.6 Å². The van der Waals surface area contributed by atoms with Gasteiger partial charge in [0.05, 0.1) is 7.11 Å². The van der Waals surface area contributed by atoms with E-state index in [-0.39, 0.29) is 4.90 Å². The van der Waals surface area contributed by atoms with Crippen molar-refractivity contribution in [3.05, 3.63) is 23.3 Å². The Hall–Kier alpha value is -1.11. The molecular weight excluding hydrogens is 360 g/mol. The summed E-state index contributed by atoms with van der Waals surface area (Å²) in [5.41, 5.74) is 2.38. The fourth-order valence-corrected chi connectivity index (χ4v) is 5.77. The van der Waals surface area contributed by atoms with Crippen LogP contribution in [0.1, 0.15) is 63.0 Å². The molecule has 0 aromatic heterocycles. The van der Waals surface area contributed by atoms with E-state index in [1.165, 1.54) is 31.2 Å². The largest absolute Gasteiger partial charge is 0.495 e. The quantitative estimate of drug-likeness (QED) is 0.686. The molecule has 1 aromatic rings. The lowest BCUT2D eigenvalue weighted by molar-refractivity contribution is 0.143. The third-order valence-corrected chi connectivity index (χ3v) is 7.53. The Labute approximate surface area is 164 Å². The highest BCUT2D eigenvalue weighted by Crippen LogP contribution is 2.31. The Balaban J connectivity index is 1.61. The third kappa shape index (κ3) is 5.04. The Morgan fingerprint density at radius 3 is 2.59 bits per heavy atom. The average Bonchev–Trinajstić information content (AvgIpc) is 2.70. The molecule has 0 unspecified atom stereocenters. The maximum Gasteiger partial charge on any atom is 0.244 e. The molecule has 0 radical (unpaired) electrons. The first-order valence-electron chi connectivity index (χ1n) is 10.5. The van der Waals surface area contributed by atoms with Crippen molar-refractivity contribution in [1.82, 2.24) is 9.62 Å². The van der Waals surface area contributed by atoms with E-state index in [1.54, 1.807) is 7.11 Å². The van der Waals surface area contributed by atoms with Crippen molar-refractivity contribution < 1.29 is 13.2 Å². The number of rotatable bonds is 8. The van der Waals surface area contributed by atoms with Gasteiger partial charge in [0.15, 0.2) is 0 Å². The van der Waals surface area contributed by atoms with E-state index in [0.717, 1.165) is 50.8 Å². The van der Waals surface area contributed by atoms with Gasteiger partial charge in [-0.05, 0) is 87.7 Å². The molecule has 1 aliphatic heterocycles. The van der Waals surface area contributed by atoms with Crippen molar-refractivity contribution >= 4 is 10.0 Å². The van der Waals surface area contributed by atoms with E-state index in [4.69, 9.17) is 4.74 Å². The standard InChI is InChI=1S/C21H34N2O3S/c1-3-19-11-6-7-13-23(19)14-8-12-22-27(24,25)21-16-18-10-5-4-9-17(18)15-20(21)26-2/h15-16,19,22H,3-14H2,1-2H3/t19-/m1/s1. The van der Waals surface area contributed by atoms with E-state index >= 15 is 0 Å². The number of piperidine rings is 1. The number of benzene rings is 1. The highest BCUT2D eigenvalue weighted by Gasteiger charge is 2.24. The molecule has 3 rings (SSSR count). The highest BCUT2D eigenvalue weighted by molar-refractivity contribution is 7.89. The zero-order valence-electron chi connectivity index (χ0n) is 16.8. The summed E-state index contributed by atoms with van der Waals surface area (Å²) in [6.07, 6.45) is 10.1. The lowest BCUT2D eigenvalue weighted by Gasteiger charge is -2.35. The Morgan fingerprint density at radius 1 is 1.15 bits per heavy atom. The van der Waals surface area contributed by atoms with Crippen molar-refractivity contribution in [2.24, 2.45) is 0 Å². The second-order valence-electron chi connectivity index (χ2n) is 7.82. The van der Waals surface area contributed by atoms with Gasteiger partial charge in [0.1, 0.15) is 10.6 Å². The van der Waals surface area contributed by atoms with E-state index in [0.29, 0.717) is 18.3 Å². The molecule has 5 nitrogen and oxygen atoms in total. The van der Waals surface area contributed by atoms with Crippen molar-refractivity contribution in [3.63, 3.8) is 0 Å². The zero-order chi connectivity index (χ0) is 19.3. The van der Waals surface area contributed by atoms with Gasteiger partial charge < -0.3 is 9.64 Å². The summed E-state index contributed by atoms with van der Waals surface area (Å²) in [7, 11) is -2.01. The molecule has 2 aliphatic rings. The molecule has 1 saturated heterocycles. The Kier molecular flexibility index (Phi) is 7.17. The van der Waals surface area contributed by atoms with Crippen LogP contribution in [-0.2, 0) is 22.9 Å². The molecule has 152 valence electrons. The van der Waals surface area contributed by atoms with Crippen LogP contribution in [0.2, 0.25) is 0 Å². The lowest BCUT2D eigenvalue weighted by atomic mass is 9.92. The first kappa shape index (κ1) is 20.6. The molecule has 1 atom stereocenters. The summed E-state index contributed by atoms with van der Waals surface area (Å²) in [6.45, 7) is 4.82. The first-order valence-corrected chi connectivity index (χ1v) is 12.0. The number of ether oxygens (including phenoxy) is 1. The van der Waals surface area contributed by atoms with Crippen LogP contribution in [0.15, 0.2) is 17.0 Å². The number of hydrogen-bond acceptors (Lipinski definition) is 4. The van der Waals surface area contributed by atoms with Gasteiger partial charge in [0.2, 0.25) is 10.0 Å². The van der Waals surface area contributed by atoms with Gasteiger partial charge >= 0.3 is 0 Å². The summed E-state index contributed by atoms with van der Waals surface area (Å²) in [6, 6.07) is 4.41. The summed E-state index contributed by atoms with van der Waals surface area (Å²) in [5, 5.41) is 0. The second-order valence-corrected chi connectivity index (χ2v) is 9.56. The molecular formula is C21H34N2O3S. The molecule has 1 fully saturated rings. The van der Waals surface area contributed by atoms with Gasteiger partial charge in [0, 0.05) is 12.6 Å². The van der Waals surface area contributed by atoms with E-state index in [2.05, 4.69) is 16.5 Å². The van der Waals surface area contributed by atoms with Crippen LogP contribution in [0.3, 0.4) is 0 Å². The summed E-state index contributed by atoms with van der Waals surface area (Å²) in [5.74, 6) is 0.463. The Morgan fingerprint density at radius 2 is 1.89 bits per heavy atom. The molecule has 0 spiro atoms. The minimum Gasteiger partial charge on any atom is -0.495 e. The van der Waals surface area contributed by atoms with Crippen molar-refractivity contribution in [3.8, 4) is 5.75 Å². The number of fused-ring (bicyclic) bond motifs is 1. The van der Waals surface area contributed by atoms with Crippen LogP contribution in [0.4, 0.5) is 0 Å². The third-order valence-electron chi connectivity index (χ3n) is 6.05. The summed E-state index contributed by atoms with van der Waals surface area (Å²) < 4.78 is 33.9. The minimum atomic E-state index is -3.55. The SMILES string of the molecule is CC[C@@H]1CCCCN1CCCNS(=O)(=O)c1cc2c(cc1OC)CCCC2. The number of sulfonamides is 1. The van der Waals surface area contributed by atoms with E-state index < -0.39 is 10.0 Å². The number of aryl methyl sites for hydroxylation is 2. The normalized spacial score (nSPS) is 21.0. The first-order chi connectivity index (χ1) is 13.0. The minimum absolute atomic E-state index is 0.287. The van der Waals surface area contributed by atoms with Gasteiger partial charge in [-0.1, -0.05) is 13.3 Å². The van der Waals surface area contributed by atoms with E-state index in [1.807, 2.05) is 12.1 Å². The maximum atomic E-state index is 12.9. The number of hydrogen-bond donors (Lipinski definition) is 1. The molecule has 1 N–H and O–H groups in total. The number of likely N-dealkylation sites (tertiary alicyclic amines) is 1. The molecule has 0 saturated carbocycles. The zero-order valence-corrected chi connectivity index (χ0v) is 17.6. The molecule has 1 aromatic carbocycles. The Bertz CT molecular complexity index is 733. The number of nitrogens with one attached hydrogen (secondary N) is 1. The smallest absolute Gasteiger partial charge is 0.244 e. The van der Waals surface area contributed by atoms with Gasteiger partial charge in [0.25, 0.3) is 0 Å². The number of nitrogens with zero attached hydrogens (tertiary/aromatic N) is 1. The molecule has 6 heteroatoms. The fraction of sp³-hybridized carbons (Fsp3) is 0.714.